The number of nitrogens with one attached hydrogen (secondary N) is 1. The molecule has 0 spiro atoms. The monoisotopic (exact) mass is 353 g/mol. The van der Waals surface area contributed by atoms with Crippen molar-refractivity contribution >= 4 is 39.0 Å². The molecule has 20 heavy (non-hydrogen) atoms. The number of pyridine rings is 1. The maximum atomic E-state index is 5.86. The van der Waals surface area contributed by atoms with Crippen molar-refractivity contribution in [3.05, 3.63) is 52.1 Å². The van der Waals surface area contributed by atoms with Gasteiger partial charge in [0.15, 0.2) is 0 Å². The second-order valence-electron chi connectivity index (χ2n) is 4.52. The first-order valence-corrected chi connectivity index (χ1v) is 7.65. The first-order valence-electron chi connectivity index (χ1n) is 6.48. The normalized spacial score (nSPS) is 10.3. The summed E-state index contributed by atoms with van der Waals surface area (Å²) in [6, 6.07) is 12.2. The molecule has 0 atom stereocenters. The Morgan fingerprint density at radius 3 is 2.75 bits per heavy atom. The van der Waals surface area contributed by atoms with E-state index < -0.39 is 0 Å². The minimum Gasteiger partial charge on any atom is -0.375 e. The molecule has 0 aliphatic rings. The third-order valence-corrected chi connectivity index (χ3v) is 3.78. The highest BCUT2D eigenvalue weighted by atomic mass is 79.9. The Morgan fingerprint density at radius 1 is 1.30 bits per heavy atom. The average molecular weight is 355 g/mol. The van der Waals surface area contributed by atoms with Gasteiger partial charge in [0.2, 0.25) is 0 Å². The standard InChI is InChI=1S/C15H17BrClN3/c1-20(13-6-3-2-4-7-13)9-5-8-18-15-14(16)10-12(17)11-19-15/h2-4,6-7,10-11H,5,8-9H2,1H3,(H,18,19). The third-order valence-electron chi connectivity index (χ3n) is 2.97. The molecule has 1 aromatic heterocycles. The number of anilines is 2. The van der Waals surface area contributed by atoms with E-state index in [1.165, 1.54) is 5.69 Å². The van der Waals surface area contributed by atoms with Gasteiger partial charge in [-0.25, -0.2) is 4.98 Å². The molecule has 1 heterocycles. The van der Waals surface area contributed by atoms with Crippen LogP contribution in [-0.2, 0) is 0 Å². The second kappa shape index (κ2) is 7.50. The Hall–Kier alpha value is -1.26. The van der Waals surface area contributed by atoms with Crippen LogP contribution in [0.1, 0.15) is 6.42 Å². The Bertz CT molecular complexity index is 548. The molecule has 0 unspecified atom stereocenters. The summed E-state index contributed by atoms with van der Waals surface area (Å²) in [5, 5.41) is 3.93. The Morgan fingerprint density at radius 2 is 2.05 bits per heavy atom. The van der Waals surface area contributed by atoms with E-state index in [2.05, 4.69) is 62.4 Å². The second-order valence-corrected chi connectivity index (χ2v) is 5.81. The number of nitrogens with zero attached hydrogens (tertiary/aromatic N) is 2. The van der Waals surface area contributed by atoms with Crippen LogP contribution in [0.15, 0.2) is 47.1 Å². The Labute approximate surface area is 133 Å². The van der Waals surface area contributed by atoms with Crippen molar-refractivity contribution in [3.63, 3.8) is 0 Å². The van der Waals surface area contributed by atoms with Gasteiger partial charge < -0.3 is 10.2 Å². The predicted molar refractivity (Wildman–Crippen MR) is 89.8 cm³/mol. The molecular weight excluding hydrogens is 338 g/mol. The van der Waals surface area contributed by atoms with Crippen LogP contribution in [0.3, 0.4) is 0 Å². The number of hydrogen-bond donors (Lipinski definition) is 1. The average Bonchev–Trinajstić information content (AvgIpc) is 2.46. The van der Waals surface area contributed by atoms with Gasteiger partial charge in [0.25, 0.3) is 0 Å². The fourth-order valence-corrected chi connectivity index (χ4v) is 2.66. The molecule has 0 bridgehead atoms. The lowest BCUT2D eigenvalue weighted by molar-refractivity contribution is 0.814. The highest BCUT2D eigenvalue weighted by Gasteiger charge is 2.03. The summed E-state index contributed by atoms with van der Waals surface area (Å²) in [4.78, 5) is 6.49. The van der Waals surface area contributed by atoms with Crippen molar-refractivity contribution in [2.75, 3.05) is 30.4 Å². The van der Waals surface area contributed by atoms with Gasteiger partial charge >= 0.3 is 0 Å². The SMILES string of the molecule is CN(CCCNc1ncc(Cl)cc1Br)c1ccccc1. The minimum atomic E-state index is 0.631. The maximum Gasteiger partial charge on any atom is 0.140 e. The lowest BCUT2D eigenvalue weighted by Crippen LogP contribution is -2.20. The first-order chi connectivity index (χ1) is 9.66. The molecule has 106 valence electrons. The zero-order valence-corrected chi connectivity index (χ0v) is 13.7. The fourth-order valence-electron chi connectivity index (χ4n) is 1.88. The van der Waals surface area contributed by atoms with Gasteiger partial charge in [-0.05, 0) is 40.5 Å². The molecule has 0 aliphatic carbocycles. The summed E-state index contributed by atoms with van der Waals surface area (Å²) >= 11 is 9.31. The highest BCUT2D eigenvalue weighted by Crippen LogP contribution is 2.23. The quantitative estimate of drug-likeness (QED) is 0.778. The molecule has 0 radical (unpaired) electrons. The summed E-state index contributed by atoms with van der Waals surface area (Å²) < 4.78 is 0.890. The van der Waals surface area contributed by atoms with E-state index in [1.807, 2.05) is 12.1 Å². The van der Waals surface area contributed by atoms with Crippen molar-refractivity contribution in [3.8, 4) is 0 Å². The summed E-state index contributed by atoms with van der Waals surface area (Å²) in [5.41, 5.74) is 1.23. The van der Waals surface area contributed by atoms with Gasteiger partial charge in [-0.15, -0.1) is 0 Å². The molecule has 0 saturated heterocycles. The van der Waals surface area contributed by atoms with Crippen LogP contribution < -0.4 is 10.2 Å². The summed E-state index contributed by atoms with van der Waals surface area (Å²) in [6.45, 7) is 1.85. The molecule has 0 aliphatic heterocycles. The summed E-state index contributed by atoms with van der Waals surface area (Å²) in [5.74, 6) is 0.830. The topological polar surface area (TPSA) is 28.2 Å². The van der Waals surface area contributed by atoms with Crippen LogP contribution in [0, 0.1) is 0 Å². The summed E-state index contributed by atoms with van der Waals surface area (Å²) in [6.07, 6.45) is 2.67. The van der Waals surface area contributed by atoms with Crippen LogP contribution >= 0.6 is 27.5 Å². The number of rotatable bonds is 6. The molecule has 0 fully saturated rings. The van der Waals surface area contributed by atoms with E-state index in [-0.39, 0.29) is 0 Å². The van der Waals surface area contributed by atoms with E-state index in [0.29, 0.717) is 5.02 Å². The molecule has 0 saturated carbocycles. The molecular formula is C15H17BrClN3. The van der Waals surface area contributed by atoms with E-state index in [1.54, 1.807) is 6.20 Å². The molecule has 2 aromatic rings. The van der Waals surface area contributed by atoms with E-state index in [4.69, 9.17) is 11.6 Å². The third kappa shape index (κ3) is 4.39. The van der Waals surface area contributed by atoms with Crippen LogP contribution in [0.4, 0.5) is 11.5 Å². The van der Waals surface area contributed by atoms with E-state index in [9.17, 15) is 0 Å². The van der Waals surface area contributed by atoms with Crippen molar-refractivity contribution < 1.29 is 0 Å². The number of halogens is 2. The fraction of sp³-hybridized carbons (Fsp3) is 0.267. The van der Waals surface area contributed by atoms with Gasteiger partial charge in [0, 0.05) is 32.0 Å². The largest absolute Gasteiger partial charge is 0.375 e. The van der Waals surface area contributed by atoms with Crippen molar-refractivity contribution in [1.82, 2.24) is 4.98 Å². The smallest absolute Gasteiger partial charge is 0.140 e. The van der Waals surface area contributed by atoms with Crippen LogP contribution in [0.25, 0.3) is 0 Å². The lowest BCUT2D eigenvalue weighted by atomic mass is 10.3. The number of para-hydroxylation sites is 1. The summed E-state index contributed by atoms with van der Waals surface area (Å²) in [7, 11) is 2.10. The first kappa shape index (κ1) is 15.1. The Kier molecular flexibility index (Phi) is 5.68. The number of benzene rings is 1. The van der Waals surface area contributed by atoms with Gasteiger partial charge in [-0.1, -0.05) is 29.8 Å². The maximum absolute atomic E-state index is 5.86. The van der Waals surface area contributed by atoms with Crippen LogP contribution in [-0.4, -0.2) is 25.1 Å². The molecule has 2 rings (SSSR count). The number of aromatic nitrogens is 1. The van der Waals surface area contributed by atoms with Gasteiger partial charge in [0.05, 0.1) is 9.50 Å². The molecule has 1 aromatic carbocycles. The minimum absolute atomic E-state index is 0.631. The molecule has 1 N–H and O–H groups in total. The van der Waals surface area contributed by atoms with Crippen molar-refractivity contribution in [2.45, 2.75) is 6.42 Å². The van der Waals surface area contributed by atoms with Gasteiger partial charge in [-0.3, -0.25) is 0 Å². The lowest BCUT2D eigenvalue weighted by Gasteiger charge is -2.19. The molecule has 5 heteroatoms. The zero-order chi connectivity index (χ0) is 14.4. The van der Waals surface area contributed by atoms with Gasteiger partial charge in [0.1, 0.15) is 5.82 Å². The number of hydrogen-bond acceptors (Lipinski definition) is 3. The zero-order valence-electron chi connectivity index (χ0n) is 11.3. The van der Waals surface area contributed by atoms with Gasteiger partial charge in [-0.2, -0.15) is 0 Å². The van der Waals surface area contributed by atoms with Crippen molar-refractivity contribution in [2.24, 2.45) is 0 Å². The van der Waals surface area contributed by atoms with Crippen LogP contribution in [0.2, 0.25) is 5.02 Å². The molecule has 3 nitrogen and oxygen atoms in total. The highest BCUT2D eigenvalue weighted by molar-refractivity contribution is 9.10. The van der Waals surface area contributed by atoms with E-state index in [0.717, 1.165) is 29.8 Å². The molecule has 0 amide bonds. The van der Waals surface area contributed by atoms with Crippen molar-refractivity contribution in [1.29, 1.82) is 0 Å². The van der Waals surface area contributed by atoms with E-state index >= 15 is 0 Å². The predicted octanol–water partition coefficient (Wildman–Crippen LogP) is 4.44. The Balaban J connectivity index is 1.76. The van der Waals surface area contributed by atoms with Crippen LogP contribution in [0.5, 0.6) is 0 Å².